The highest BCUT2D eigenvalue weighted by Gasteiger charge is 2.45. The van der Waals surface area contributed by atoms with Crippen molar-refractivity contribution in [2.45, 2.75) is 88.9 Å². The highest BCUT2D eigenvalue weighted by atomic mass is 16.3. The second kappa shape index (κ2) is 17.4. The van der Waals surface area contributed by atoms with E-state index in [1.807, 2.05) is 55.3 Å². The Hall–Kier alpha value is -7.21. The number of aromatic nitrogens is 5. The number of rotatable bonds is 14. The molecule has 5 aromatic rings. The second-order valence-corrected chi connectivity index (χ2v) is 17.1. The number of benzene rings is 2. The molecule has 2 aromatic carbocycles. The molecule has 9 rings (SSSR count). The topological polar surface area (TPSA) is 217 Å². The third-order valence-electron chi connectivity index (χ3n) is 13.2. The molecule has 0 radical (unpaired) electrons. The molecule has 6 heterocycles. The van der Waals surface area contributed by atoms with Crippen molar-refractivity contribution in [2.75, 3.05) is 42.2 Å². The Bertz CT molecular complexity index is 2810. The minimum atomic E-state index is -1.04. The van der Waals surface area contributed by atoms with Gasteiger partial charge >= 0.3 is 0 Å². The smallest absolute Gasteiger partial charge is 0.278 e. The predicted octanol–water partition coefficient (Wildman–Crippen LogP) is 4.17. The van der Waals surface area contributed by atoms with Gasteiger partial charge in [0.05, 0.1) is 23.4 Å². The minimum absolute atomic E-state index is 0.0242. The molecule has 336 valence electrons. The molecular weight excluding hydrogens is 831 g/mol. The molecule has 2 fully saturated rings. The Morgan fingerprint density at radius 3 is 2.52 bits per heavy atom. The molecule has 0 saturated carbocycles. The summed E-state index contributed by atoms with van der Waals surface area (Å²) in [5.41, 5.74) is 3.37. The zero-order chi connectivity index (χ0) is 45.6. The van der Waals surface area contributed by atoms with E-state index in [0.717, 1.165) is 54.2 Å². The second-order valence-electron chi connectivity index (χ2n) is 17.1. The summed E-state index contributed by atoms with van der Waals surface area (Å²) in [5.74, 6) is -1.43. The van der Waals surface area contributed by atoms with E-state index in [-0.39, 0.29) is 48.0 Å². The van der Waals surface area contributed by atoms with Crippen LogP contribution in [0.1, 0.15) is 90.3 Å². The standard InChI is InChI=1S/C47H51N11O7/c1-4-24-56-43(62)33-27-49-46(53-41(33)58(56)36-17-11-28-19-22-47(65,5-2)40(28)51-36)50-29-12-14-31(15-13-29)55-25-20-30(21-26-55)54(3)38(60)10-7-23-48-34-9-6-8-32-39(34)45(64)57(44(32)63)35-16-18-37(59)52-42(35)61/h4,6,8-9,11-15,17,27,30,35,48,65H,1,5,7,10,16,18-26H2,2-3H3,(H,49,50,53)(H,52,59,61)/t35?,47-/m1/s1. The number of aliphatic hydroxyl groups is 1. The molecule has 0 spiro atoms. The van der Waals surface area contributed by atoms with Crippen LogP contribution < -0.4 is 26.4 Å². The number of piperidine rings is 2. The number of nitrogens with one attached hydrogen (secondary N) is 3. The number of hydrogen-bond donors (Lipinski definition) is 4. The fourth-order valence-corrected chi connectivity index (χ4v) is 9.51. The average Bonchev–Trinajstić information content (AvgIpc) is 3.89. The first kappa shape index (κ1) is 43.1. The lowest BCUT2D eigenvalue weighted by molar-refractivity contribution is -0.136. The highest BCUT2D eigenvalue weighted by molar-refractivity contribution is 6.25. The summed E-state index contributed by atoms with van der Waals surface area (Å²) in [6.07, 6.45) is 7.55. The van der Waals surface area contributed by atoms with E-state index in [4.69, 9.17) is 9.97 Å². The predicted molar refractivity (Wildman–Crippen MR) is 242 cm³/mol. The molecule has 3 aliphatic heterocycles. The highest BCUT2D eigenvalue weighted by Crippen LogP contribution is 2.39. The zero-order valence-electron chi connectivity index (χ0n) is 36.4. The lowest BCUT2D eigenvalue weighted by atomic mass is 9.98. The van der Waals surface area contributed by atoms with Gasteiger partial charge in [0.1, 0.15) is 17.0 Å². The van der Waals surface area contributed by atoms with E-state index in [1.165, 1.54) is 10.9 Å². The molecule has 4 aliphatic rings. The van der Waals surface area contributed by atoms with Gasteiger partial charge in [0.2, 0.25) is 23.7 Å². The first-order valence-electron chi connectivity index (χ1n) is 22.2. The van der Waals surface area contributed by atoms with Gasteiger partial charge < -0.3 is 25.5 Å². The van der Waals surface area contributed by atoms with Crippen molar-refractivity contribution in [1.82, 2.24) is 39.4 Å². The van der Waals surface area contributed by atoms with Gasteiger partial charge in [0.25, 0.3) is 17.4 Å². The third-order valence-corrected chi connectivity index (χ3v) is 13.2. The number of nitrogens with zero attached hydrogens (tertiary/aromatic N) is 8. The Labute approximate surface area is 374 Å². The number of fused-ring (bicyclic) bond motifs is 3. The Morgan fingerprint density at radius 1 is 1.00 bits per heavy atom. The van der Waals surface area contributed by atoms with E-state index in [9.17, 15) is 33.9 Å². The van der Waals surface area contributed by atoms with Crippen molar-refractivity contribution < 1.29 is 29.1 Å². The Morgan fingerprint density at radius 2 is 1.78 bits per heavy atom. The molecule has 18 nitrogen and oxygen atoms in total. The number of amides is 5. The monoisotopic (exact) mass is 881 g/mol. The largest absolute Gasteiger partial charge is 0.384 e. The molecule has 4 N–H and O–H groups in total. The first-order valence-corrected chi connectivity index (χ1v) is 22.2. The molecule has 1 unspecified atom stereocenters. The Balaban J connectivity index is 0.782. The number of carbonyl (C=O) groups excluding carboxylic acids is 5. The molecule has 5 amide bonds. The van der Waals surface area contributed by atoms with Crippen molar-refractivity contribution in [3.8, 4) is 5.82 Å². The van der Waals surface area contributed by atoms with Gasteiger partial charge in [0.15, 0.2) is 11.5 Å². The van der Waals surface area contributed by atoms with Crippen LogP contribution in [-0.2, 0) is 33.0 Å². The number of allylic oxidation sites excluding steroid dienone is 1. The van der Waals surface area contributed by atoms with Crippen molar-refractivity contribution in [3.63, 3.8) is 0 Å². The molecule has 1 aliphatic carbocycles. The van der Waals surface area contributed by atoms with Crippen LogP contribution in [0.2, 0.25) is 0 Å². The van der Waals surface area contributed by atoms with E-state index >= 15 is 0 Å². The summed E-state index contributed by atoms with van der Waals surface area (Å²) in [7, 11) is 1.84. The maximum Gasteiger partial charge on any atom is 0.278 e. The maximum absolute atomic E-state index is 13.5. The Kier molecular flexibility index (Phi) is 11.5. The molecule has 65 heavy (non-hydrogen) atoms. The minimum Gasteiger partial charge on any atom is -0.384 e. The molecule has 18 heteroatoms. The summed E-state index contributed by atoms with van der Waals surface area (Å²) in [4.78, 5) is 96.7. The number of carbonyl (C=O) groups is 5. The van der Waals surface area contributed by atoms with E-state index in [2.05, 4.69) is 32.4 Å². The lowest BCUT2D eigenvalue weighted by Gasteiger charge is -2.38. The van der Waals surface area contributed by atoms with Crippen LogP contribution in [0.25, 0.3) is 16.9 Å². The van der Waals surface area contributed by atoms with Crippen LogP contribution in [-0.4, -0.2) is 108 Å². The van der Waals surface area contributed by atoms with Gasteiger partial charge in [-0.3, -0.25) is 39.0 Å². The van der Waals surface area contributed by atoms with E-state index < -0.39 is 35.3 Å². The van der Waals surface area contributed by atoms with Crippen molar-refractivity contribution in [3.05, 3.63) is 106 Å². The van der Waals surface area contributed by atoms with E-state index in [0.29, 0.717) is 66.4 Å². The molecule has 2 atom stereocenters. The average molecular weight is 882 g/mol. The quantitative estimate of drug-likeness (QED) is 0.0701. The summed E-state index contributed by atoms with van der Waals surface area (Å²) in [6.45, 7) is 7.93. The van der Waals surface area contributed by atoms with Crippen molar-refractivity contribution >= 4 is 63.6 Å². The van der Waals surface area contributed by atoms with Gasteiger partial charge in [-0.25, -0.2) is 19.3 Å². The zero-order valence-corrected chi connectivity index (χ0v) is 36.4. The summed E-state index contributed by atoms with van der Waals surface area (Å²) < 4.78 is 3.19. The number of hydrogen-bond acceptors (Lipinski definition) is 13. The van der Waals surface area contributed by atoms with Gasteiger partial charge in [-0.1, -0.05) is 25.1 Å². The summed E-state index contributed by atoms with van der Waals surface area (Å²) in [6, 6.07) is 15.7. The van der Waals surface area contributed by atoms with Crippen LogP contribution >= 0.6 is 0 Å². The van der Waals surface area contributed by atoms with Crippen LogP contribution in [0.4, 0.5) is 23.0 Å². The molecule has 3 aromatic heterocycles. The van der Waals surface area contributed by atoms with Crippen LogP contribution in [0.3, 0.4) is 0 Å². The van der Waals surface area contributed by atoms with Gasteiger partial charge in [0, 0.05) is 68.8 Å². The lowest BCUT2D eigenvalue weighted by Crippen LogP contribution is -2.54. The van der Waals surface area contributed by atoms with E-state index in [1.54, 1.807) is 29.0 Å². The van der Waals surface area contributed by atoms with Gasteiger partial charge in [-0.15, -0.1) is 6.58 Å². The van der Waals surface area contributed by atoms with Crippen LogP contribution in [0.15, 0.2) is 78.2 Å². The normalized spacial score (nSPS) is 19.6. The van der Waals surface area contributed by atoms with Gasteiger partial charge in [-0.2, -0.15) is 4.98 Å². The fourth-order valence-electron chi connectivity index (χ4n) is 9.51. The third kappa shape index (κ3) is 7.91. The van der Waals surface area contributed by atoms with Crippen LogP contribution in [0.5, 0.6) is 0 Å². The SMILES string of the molecule is C=CCn1c(=O)c2cnc(Nc3ccc(N4CCC(N(C)C(=O)CCCNc5cccc6c5C(=O)N(C5CCC(=O)NC5=O)C6=O)CC4)cc3)nc2n1-c1ccc2c(n1)[C@@](O)(CC)CC2. The fraction of sp³-hybridized carbons (Fsp3) is 0.383. The van der Waals surface area contributed by atoms with Gasteiger partial charge in [-0.05, 0) is 93.0 Å². The van der Waals surface area contributed by atoms with Crippen LogP contribution in [0, 0.1) is 0 Å². The number of pyridine rings is 1. The number of anilines is 4. The number of aryl methyl sites for hydroxylation is 1. The first-order chi connectivity index (χ1) is 31.4. The molecule has 2 saturated heterocycles. The van der Waals surface area contributed by atoms with Crippen molar-refractivity contribution in [1.29, 1.82) is 0 Å². The number of imide groups is 2. The summed E-state index contributed by atoms with van der Waals surface area (Å²) in [5, 5.41) is 20.3. The summed E-state index contributed by atoms with van der Waals surface area (Å²) >= 11 is 0. The molecule has 0 bridgehead atoms. The molecular formula is C47H51N11O7. The maximum atomic E-state index is 13.5. The van der Waals surface area contributed by atoms with Crippen molar-refractivity contribution in [2.24, 2.45) is 0 Å².